The first-order chi connectivity index (χ1) is 12.1. The number of fused-ring (bicyclic) bond motifs is 3. The van der Waals surface area contributed by atoms with E-state index in [0.29, 0.717) is 16.7 Å². The molecule has 1 atom stereocenters. The van der Waals surface area contributed by atoms with Crippen LogP contribution in [-0.2, 0) is 13.6 Å². The number of ether oxygens (including phenoxy) is 1. The molecule has 0 radical (unpaired) electrons. The minimum absolute atomic E-state index is 0.136. The van der Waals surface area contributed by atoms with Crippen LogP contribution in [0.3, 0.4) is 0 Å². The lowest BCUT2D eigenvalue weighted by Crippen LogP contribution is -2.09. The summed E-state index contributed by atoms with van der Waals surface area (Å²) in [5.74, 6) is -0.940. The van der Waals surface area contributed by atoms with Gasteiger partial charge < -0.3 is 18.9 Å². The second-order valence-corrected chi connectivity index (χ2v) is 7.25. The fourth-order valence-electron chi connectivity index (χ4n) is 2.70. The zero-order valence-corrected chi connectivity index (χ0v) is 15.0. The van der Waals surface area contributed by atoms with Crippen LogP contribution in [0.5, 0.6) is 5.75 Å². The minimum Gasteiger partial charge on any atom is -0.494 e. The van der Waals surface area contributed by atoms with E-state index in [9.17, 15) is 9.67 Å². The van der Waals surface area contributed by atoms with Crippen molar-refractivity contribution in [2.75, 3.05) is 20.3 Å². The number of rotatable bonds is 7. The van der Waals surface area contributed by atoms with Crippen LogP contribution in [0.25, 0.3) is 16.6 Å². The van der Waals surface area contributed by atoms with Crippen LogP contribution < -0.4 is 4.74 Å². The molecule has 0 aliphatic heterocycles. The van der Waals surface area contributed by atoms with Gasteiger partial charge in [-0.15, -0.1) is 5.10 Å². The Morgan fingerprint density at radius 2 is 2.00 bits per heavy atom. The summed E-state index contributed by atoms with van der Waals surface area (Å²) < 4.78 is 30.2. The molecular formula is C15H19N4O5P. The highest BCUT2D eigenvalue weighted by Crippen LogP contribution is 2.60. The molecular weight excluding hydrogens is 347 g/mol. The maximum absolute atomic E-state index is 12.9. The number of para-hydroxylation sites is 1. The first-order valence-corrected chi connectivity index (χ1v) is 9.41. The highest BCUT2D eigenvalue weighted by atomic mass is 31.2. The Kier molecular flexibility index (Phi) is 5.01. The Bertz CT molecular complexity index is 934. The Morgan fingerprint density at radius 3 is 2.64 bits per heavy atom. The molecule has 9 nitrogen and oxygen atoms in total. The molecule has 3 rings (SSSR count). The summed E-state index contributed by atoms with van der Waals surface area (Å²) >= 11 is 0. The molecule has 0 fully saturated rings. The monoisotopic (exact) mass is 366 g/mol. The van der Waals surface area contributed by atoms with Gasteiger partial charge in [0.2, 0.25) is 0 Å². The predicted octanol–water partition coefficient (Wildman–Crippen LogP) is 2.54. The number of aliphatic hydroxyl groups excluding tert-OH is 1. The third kappa shape index (κ3) is 3.00. The summed E-state index contributed by atoms with van der Waals surface area (Å²) in [7, 11) is -2.25. The van der Waals surface area contributed by atoms with Crippen LogP contribution >= 0.6 is 7.60 Å². The largest absolute Gasteiger partial charge is 0.494 e. The first-order valence-electron chi connectivity index (χ1n) is 7.80. The lowest BCUT2D eigenvalue weighted by Gasteiger charge is -2.23. The predicted molar refractivity (Wildman–Crippen MR) is 90.7 cm³/mol. The number of aliphatic hydroxyl groups is 1. The molecule has 134 valence electrons. The third-order valence-electron chi connectivity index (χ3n) is 3.70. The van der Waals surface area contributed by atoms with Gasteiger partial charge in [-0.3, -0.25) is 4.57 Å². The summed E-state index contributed by atoms with van der Waals surface area (Å²) in [6.07, 6.45) is 0. The molecule has 0 aliphatic rings. The highest BCUT2D eigenvalue weighted by molar-refractivity contribution is 7.54. The van der Waals surface area contributed by atoms with Crippen molar-refractivity contribution in [3.8, 4) is 5.75 Å². The van der Waals surface area contributed by atoms with Crippen molar-refractivity contribution in [1.82, 2.24) is 20.0 Å². The number of hydrogen-bond donors (Lipinski definition) is 1. The Balaban J connectivity index is 2.25. The van der Waals surface area contributed by atoms with Crippen molar-refractivity contribution in [1.29, 1.82) is 0 Å². The fourth-order valence-corrected chi connectivity index (χ4v) is 4.30. The SMILES string of the molecule is CCOP(=O)(OCC)C(O)c1cc2cccc(OC)c2n2nnnc12. The van der Waals surface area contributed by atoms with Gasteiger partial charge in [0.25, 0.3) is 0 Å². The van der Waals surface area contributed by atoms with Crippen molar-refractivity contribution in [2.45, 2.75) is 19.7 Å². The van der Waals surface area contributed by atoms with Crippen molar-refractivity contribution in [2.24, 2.45) is 0 Å². The van der Waals surface area contributed by atoms with Gasteiger partial charge in [0.1, 0.15) is 11.3 Å². The smallest absolute Gasteiger partial charge is 0.363 e. The zero-order chi connectivity index (χ0) is 18.0. The second kappa shape index (κ2) is 7.05. The topological polar surface area (TPSA) is 108 Å². The number of benzene rings is 1. The number of aromatic nitrogens is 4. The van der Waals surface area contributed by atoms with Gasteiger partial charge in [-0.05, 0) is 36.4 Å². The minimum atomic E-state index is -3.79. The average molecular weight is 366 g/mol. The van der Waals surface area contributed by atoms with E-state index in [0.717, 1.165) is 0 Å². The van der Waals surface area contributed by atoms with Gasteiger partial charge in [-0.2, -0.15) is 4.52 Å². The third-order valence-corrected chi connectivity index (χ3v) is 5.81. The summed E-state index contributed by atoms with van der Waals surface area (Å²) in [5, 5.41) is 23.1. The van der Waals surface area contributed by atoms with Gasteiger partial charge in [0, 0.05) is 10.9 Å². The quantitative estimate of drug-likeness (QED) is 0.636. The Labute approximate surface area is 144 Å². The van der Waals surface area contributed by atoms with Crippen LogP contribution in [0.2, 0.25) is 0 Å². The number of pyridine rings is 1. The average Bonchev–Trinajstić information content (AvgIpc) is 3.10. The van der Waals surface area contributed by atoms with E-state index in [1.54, 1.807) is 39.2 Å². The summed E-state index contributed by atoms with van der Waals surface area (Å²) in [5.41, 5.74) is 1.16. The summed E-state index contributed by atoms with van der Waals surface area (Å²) in [4.78, 5) is 0. The van der Waals surface area contributed by atoms with E-state index in [2.05, 4.69) is 15.5 Å². The number of methoxy groups -OCH3 is 1. The van der Waals surface area contributed by atoms with Gasteiger partial charge in [0.15, 0.2) is 11.5 Å². The maximum Gasteiger partial charge on any atom is 0.363 e. The molecule has 25 heavy (non-hydrogen) atoms. The zero-order valence-electron chi connectivity index (χ0n) is 14.1. The molecule has 0 saturated carbocycles. The number of nitrogens with zero attached hydrogens (tertiary/aromatic N) is 4. The van der Waals surface area contributed by atoms with Crippen LogP contribution in [0.1, 0.15) is 25.3 Å². The number of hydrogen-bond acceptors (Lipinski definition) is 8. The molecule has 10 heteroatoms. The van der Waals surface area contributed by atoms with Crippen LogP contribution in [-0.4, -0.2) is 45.5 Å². The highest BCUT2D eigenvalue weighted by Gasteiger charge is 2.37. The normalized spacial score (nSPS) is 13.4. The van der Waals surface area contributed by atoms with E-state index in [4.69, 9.17) is 13.8 Å². The summed E-state index contributed by atoms with van der Waals surface area (Å²) in [6.45, 7) is 3.63. The lowest BCUT2D eigenvalue weighted by atomic mass is 10.1. The van der Waals surface area contributed by atoms with Crippen molar-refractivity contribution in [3.05, 3.63) is 29.8 Å². The van der Waals surface area contributed by atoms with Gasteiger partial charge in [0.05, 0.1) is 20.3 Å². The van der Waals surface area contributed by atoms with E-state index in [1.807, 2.05) is 6.07 Å². The van der Waals surface area contributed by atoms with E-state index in [-0.39, 0.29) is 24.4 Å². The van der Waals surface area contributed by atoms with Gasteiger partial charge >= 0.3 is 7.60 Å². The van der Waals surface area contributed by atoms with E-state index < -0.39 is 13.4 Å². The summed E-state index contributed by atoms with van der Waals surface area (Å²) in [6, 6.07) is 7.07. The molecule has 0 bridgehead atoms. The van der Waals surface area contributed by atoms with E-state index >= 15 is 0 Å². The van der Waals surface area contributed by atoms with Crippen molar-refractivity contribution >= 4 is 24.1 Å². The standard InChI is InChI=1S/C15H19N4O5P/c1-4-23-25(21,24-5-2)15(20)11-9-10-7-6-8-12(22-3)13(10)19-14(11)16-17-18-19/h6-9,15,20H,4-5H2,1-3H3. The molecule has 3 aromatic rings. The first kappa shape index (κ1) is 17.8. The molecule has 0 amide bonds. The Hall–Kier alpha value is -2.06. The molecule has 0 spiro atoms. The van der Waals surface area contributed by atoms with Crippen LogP contribution in [0.15, 0.2) is 24.3 Å². The molecule has 1 aromatic carbocycles. The lowest BCUT2D eigenvalue weighted by molar-refractivity contribution is 0.150. The maximum atomic E-state index is 12.9. The molecule has 2 aromatic heterocycles. The molecule has 0 saturated heterocycles. The molecule has 0 aliphatic carbocycles. The van der Waals surface area contributed by atoms with E-state index in [1.165, 1.54) is 4.52 Å². The molecule has 2 heterocycles. The van der Waals surface area contributed by atoms with Crippen molar-refractivity contribution < 1.29 is 23.5 Å². The van der Waals surface area contributed by atoms with Crippen LogP contribution in [0.4, 0.5) is 0 Å². The molecule has 1 N–H and O–H groups in total. The van der Waals surface area contributed by atoms with Gasteiger partial charge in [-0.25, -0.2) is 0 Å². The number of tetrazole rings is 1. The fraction of sp³-hybridized carbons (Fsp3) is 0.400. The van der Waals surface area contributed by atoms with Crippen LogP contribution in [0, 0.1) is 0 Å². The molecule has 1 unspecified atom stereocenters. The van der Waals surface area contributed by atoms with Crippen molar-refractivity contribution in [3.63, 3.8) is 0 Å². The second-order valence-electron chi connectivity index (χ2n) is 5.16. The van der Waals surface area contributed by atoms with Gasteiger partial charge in [-0.1, -0.05) is 12.1 Å². The Morgan fingerprint density at radius 1 is 1.28 bits per heavy atom.